The van der Waals surface area contributed by atoms with E-state index in [0.717, 1.165) is 25.7 Å². The van der Waals surface area contributed by atoms with Gasteiger partial charge in [-0.2, -0.15) is 0 Å². The maximum absolute atomic E-state index is 5.43. The predicted molar refractivity (Wildman–Crippen MR) is 56.4 cm³/mol. The number of hydrogen-bond donors (Lipinski definition) is 1. The van der Waals surface area contributed by atoms with E-state index < -0.39 is 0 Å². The molecule has 3 heteroatoms. The first-order valence-corrected chi connectivity index (χ1v) is 5.26. The molecule has 0 aromatic rings. The molecule has 1 saturated carbocycles. The fraction of sp³-hybridized carbons (Fsp3) is 1.00. The third-order valence-corrected chi connectivity index (χ3v) is 3.09. The van der Waals surface area contributed by atoms with E-state index in [4.69, 9.17) is 4.74 Å². The van der Waals surface area contributed by atoms with Crippen LogP contribution in [0.15, 0.2) is 0 Å². The molecule has 1 aliphatic heterocycles. The van der Waals surface area contributed by atoms with Gasteiger partial charge < -0.3 is 10.1 Å². The number of hydrogen-bond acceptors (Lipinski definition) is 2. The molecule has 2 rings (SSSR count). The zero-order chi connectivity index (χ0) is 8.23. The monoisotopic (exact) mass is 205 g/mol. The molecule has 78 valence electrons. The number of halogens is 1. The molecule has 1 atom stereocenters. The first kappa shape index (κ1) is 11.3. The van der Waals surface area contributed by atoms with Crippen LogP contribution in [-0.4, -0.2) is 25.8 Å². The lowest BCUT2D eigenvalue weighted by Crippen LogP contribution is -2.42. The van der Waals surface area contributed by atoms with Crippen molar-refractivity contribution < 1.29 is 4.74 Å². The lowest BCUT2D eigenvalue weighted by molar-refractivity contribution is 0.0688. The van der Waals surface area contributed by atoms with Gasteiger partial charge in [0, 0.05) is 12.6 Å². The van der Waals surface area contributed by atoms with Crippen molar-refractivity contribution in [1.82, 2.24) is 5.32 Å². The van der Waals surface area contributed by atoms with Gasteiger partial charge in [0.05, 0.1) is 13.2 Å². The topological polar surface area (TPSA) is 21.3 Å². The summed E-state index contributed by atoms with van der Waals surface area (Å²) in [6.45, 7) is 2.90. The quantitative estimate of drug-likeness (QED) is 0.745. The van der Waals surface area contributed by atoms with Crippen molar-refractivity contribution in [3.05, 3.63) is 0 Å². The summed E-state index contributed by atoms with van der Waals surface area (Å²) >= 11 is 0. The molecule has 2 aliphatic rings. The Morgan fingerprint density at radius 1 is 1.23 bits per heavy atom. The maximum Gasteiger partial charge on any atom is 0.0620 e. The van der Waals surface area contributed by atoms with Gasteiger partial charge in [-0.15, -0.1) is 12.4 Å². The van der Waals surface area contributed by atoms with Crippen LogP contribution in [0.4, 0.5) is 0 Å². The summed E-state index contributed by atoms with van der Waals surface area (Å²) in [5.41, 5.74) is 0. The Morgan fingerprint density at radius 2 is 2.00 bits per heavy atom. The highest BCUT2D eigenvalue weighted by molar-refractivity contribution is 5.85. The highest BCUT2D eigenvalue weighted by atomic mass is 35.5. The lowest BCUT2D eigenvalue weighted by atomic mass is 9.98. The zero-order valence-corrected chi connectivity index (χ0v) is 8.94. The van der Waals surface area contributed by atoms with E-state index in [1.54, 1.807) is 0 Å². The largest absolute Gasteiger partial charge is 0.379 e. The molecular formula is C10H20ClNO. The van der Waals surface area contributed by atoms with Crippen LogP contribution in [0.3, 0.4) is 0 Å². The van der Waals surface area contributed by atoms with Gasteiger partial charge >= 0.3 is 0 Å². The molecular weight excluding hydrogens is 186 g/mol. The molecule has 0 bridgehead atoms. The summed E-state index contributed by atoms with van der Waals surface area (Å²) in [5, 5.41) is 3.52. The molecule has 1 unspecified atom stereocenters. The minimum absolute atomic E-state index is 0. The molecule has 1 heterocycles. The maximum atomic E-state index is 5.43. The number of morpholine rings is 1. The van der Waals surface area contributed by atoms with Crippen molar-refractivity contribution in [1.29, 1.82) is 0 Å². The molecule has 13 heavy (non-hydrogen) atoms. The van der Waals surface area contributed by atoms with Gasteiger partial charge in [0.15, 0.2) is 0 Å². The van der Waals surface area contributed by atoms with E-state index in [1.807, 2.05) is 0 Å². The van der Waals surface area contributed by atoms with Crippen LogP contribution in [0.1, 0.15) is 32.1 Å². The first-order valence-electron chi connectivity index (χ1n) is 5.26. The van der Waals surface area contributed by atoms with E-state index in [0.29, 0.717) is 6.04 Å². The second kappa shape index (κ2) is 5.84. The fourth-order valence-corrected chi connectivity index (χ4v) is 2.42. The molecule has 0 amide bonds. The minimum atomic E-state index is 0. The molecule has 0 radical (unpaired) electrons. The van der Waals surface area contributed by atoms with Gasteiger partial charge in [0.1, 0.15) is 0 Å². The van der Waals surface area contributed by atoms with Crippen molar-refractivity contribution in [3.63, 3.8) is 0 Å². The Bertz CT molecular complexity index is 131. The highest BCUT2D eigenvalue weighted by Gasteiger charge is 2.21. The van der Waals surface area contributed by atoms with Crippen molar-refractivity contribution in [2.45, 2.75) is 38.1 Å². The molecule has 1 saturated heterocycles. The van der Waals surface area contributed by atoms with Gasteiger partial charge in [-0.1, -0.05) is 25.7 Å². The summed E-state index contributed by atoms with van der Waals surface area (Å²) < 4.78 is 5.43. The molecule has 0 aromatic carbocycles. The average molecular weight is 206 g/mol. The van der Waals surface area contributed by atoms with Crippen LogP contribution in [-0.2, 0) is 4.74 Å². The van der Waals surface area contributed by atoms with E-state index in [2.05, 4.69) is 5.32 Å². The molecule has 1 N–H and O–H groups in total. The first-order chi connectivity index (χ1) is 5.95. The predicted octanol–water partition coefficient (Wildman–Crippen LogP) is 1.98. The molecule has 2 nitrogen and oxygen atoms in total. The van der Waals surface area contributed by atoms with Crippen molar-refractivity contribution in [2.75, 3.05) is 19.8 Å². The summed E-state index contributed by atoms with van der Waals surface area (Å²) in [6.07, 6.45) is 7.17. The Morgan fingerprint density at radius 3 is 2.62 bits per heavy atom. The highest BCUT2D eigenvalue weighted by Crippen LogP contribution is 2.28. The van der Waals surface area contributed by atoms with Crippen molar-refractivity contribution in [2.24, 2.45) is 5.92 Å². The van der Waals surface area contributed by atoms with E-state index in [-0.39, 0.29) is 12.4 Å². The van der Waals surface area contributed by atoms with E-state index in [1.165, 1.54) is 32.1 Å². The third kappa shape index (κ3) is 3.45. The van der Waals surface area contributed by atoms with Crippen LogP contribution in [0.2, 0.25) is 0 Å². The van der Waals surface area contributed by atoms with Crippen molar-refractivity contribution in [3.8, 4) is 0 Å². The van der Waals surface area contributed by atoms with E-state index >= 15 is 0 Å². The SMILES string of the molecule is C1CCC(CC2COCCN2)C1.Cl. The van der Waals surface area contributed by atoms with Gasteiger partial charge in [-0.05, 0) is 12.3 Å². The van der Waals surface area contributed by atoms with Crippen LogP contribution in [0.25, 0.3) is 0 Å². The fourth-order valence-electron chi connectivity index (χ4n) is 2.42. The number of nitrogens with one attached hydrogen (secondary N) is 1. The molecule has 2 fully saturated rings. The zero-order valence-electron chi connectivity index (χ0n) is 8.13. The smallest absolute Gasteiger partial charge is 0.0620 e. The van der Waals surface area contributed by atoms with Gasteiger partial charge in [0.2, 0.25) is 0 Å². The van der Waals surface area contributed by atoms with E-state index in [9.17, 15) is 0 Å². The summed E-state index contributed by atoms with van der Waals surface area (Å²) in [5.74, 6) is 0.990. The van der Waals surface area contributed by atoms with Gasteiger partial charge in [0.25, 0.3) is 0 Å². The molecule has 0 spiro atoms. The third-order valence-electron chi connectivity index (χ3n) is 3.09. The summed E-state index contributed by atoms with van der Waals surface area (Å²) in [4.78, 5) is 0. The Kier molecular flexibility index (Phi) is 5.07. The Hall–Kier alpha value is 0.210. The van der Waals surface area contributed by atoms with Crippen LogP contribution < -0.4 is 5.32 Å². The second-order valence-electron chi connectivity index (χ2n) is 4.11. The van der Waals surface area contributed by atoms with Crippen LogP contribution >= 0.6 is 12.4 Å². The number of ether oxygens (including phenoxy) is 1. The number of rotatable bonds is 2. The Labute approximate surface area is 86.8 Å². The van der Waals surface area contributed by atoms with Gasteiger partial charge in [-0.3, -0.25) is 0 Å². The molecule has 0 aromatic heterocycles. The summed E-state index contributed by atoms with van der Waals surface area (Å²) in [7, 11) is 0. The normalized spacial score (nSPS) is 30.0. The van der Waals surface area contributed by atoms with Crippen LogP contribution in [0.5, 0.6) is 0 Å². The van der Waals surface area contributed by atoms with Gasteiger partial charge in [-0.25, -0.2) is 0 Å². The standard InChI is InChI=1S/C10H19NO.ClH/c1-2-4-9(3-1)7-10-8-12-6-5-11-10;/h9-11H,1-8H2;1H. The van der Waals surface area contributed by atoms with Crippen LogP contribution in [0, 0.1) is 5.92 Å². The Balaban J connectivity index is 0.000000845. The molecule has 1 aliphatic carbocycles. The van der Waals surface area contributed by atoms with Crippen molar-refractivity contribution >= 4 is 12.4 Å². The lowest BCUT2D eigenvalue weighted by Gasteiger charge is -2.26. The average Bonchev–Trinajstić information content (AvgIpc) is 2.59. The minimum Gasteiger partial charge on any atom is -0.379 e. The second-order valence-corrected chi connectivity index (χ2v) is 4.11. The summed E-state index contributed by atoms with van der Waals surface area (Å²) in [6, 6.07) is 0.654.